The van der Waals surface area contributed by atoms with Crippen molar-refractivity contribution in [2.75, 3.05) is 32.8 Å². The first-order valence-electron chi connectivity index (χ1n) is 6.37. The van der Waals surface area contributed by atoms with E-state index in [1.807, 2.05) is 23.1 Å². The molecule has 98 valence electrons. The van der Waals surface area contributed by atoms with E-state index in [9.17, 15) is 4.79 Å². The maximum absolute atomic E-state index is 11.7. The maximum atomic E-state index is 11.7. The highest BCUT2D eigenvalue weighted by Gasteiger charge is 2.29. The molecule has 1 N–H and O–H groups in total. The Labute approximate surface area is 108 Å². The number of aliphatic hydroxyl groups excluding tert-OH is 1. The molecule has 0 bridgehead atoms. The third-order valence-corrected chi connectivity index (χ3v) is 3.47. The molecular formula is C14H20N2O2. The van der Waals surface area contributed by atoms with Gasteiger partial charge in [0.2, 0.25) is 5.91 Å². The van der Waals surface area contributed by atoms with E-state index >= 15 is 0 Å². The van der Waals surface area contributed by atoms with E-state index in [4.69, 9.17) is 5.11 Å². The van der Waals surface area contributed by atoms with Crippen LogP contribution in [0.4, 0.5) is 0 Å². The molecule has 0 spiro atoms. The first-order valence-corrected chi connectivity index (χ1v) is 6.37. The molecule has 1 aromatic carbocycles. The van der Waals surface area contributed by atoms with Gasteiger partial charge in [0.05, 0.1) is 12.6 Å². The van der Waals surface area contributed by atoms with Crippen molar-refractivity contribution in [3.8, 4) is 0 Å². The van der Waals surface area contributed by atoms with Crippen LogP contribution in [0.5, 0.6) is 0 Å². The maximum Gasteiger partial charge on any atom is 0.220 e. The van der Waals surface area contributed by atoms with Crippen molar-refractivity contribution in [3.63, 3.8) is 0 Å². The van der Waals surface area contributed by atoms with Crippen LogP contribution in [0.2, 0.25) is 0 Å². The average molecular weight is 248 g/mol. The van der Waals surface area contributed by atoms with E-state index in [-0.39, 0.29) is 18.6 Å². The summed E-state index contributed by atoms with van der Waals surface area (Å²) in [6.45, 7) is 4.83. The highest BCUT2D eigenvalue weighted by atomic mass is 16.3. The summed E-state index contributed by atoms with van der Waals surface area (Å²) in [5, 5.41) is 9.03. The Bertz CT molecular complexity index is 394. The zero-order valence-electron chi connectivity index (χ0n) is 10.7. The molecule has 18 heavy (non-hydrogen) atoms. The zero-order chi connectivity index (χ0) is 13.0. The summed E-state index contributed by atoms with van der Waals surface area (Å²) < 4.78 is 0. The van der Waals surface area contributed by atoms with Crippen molar-refractivity contribution in [1.29, 1.82) is 0 Å². The largest absolute Gasteiger partial charge is 0.395 e. The third kappa shape index (κ3) is 2.89. The molecule has 4 heteroatoms. The van der Waals surface area contributed by atoms with Crippen LogP contribution in [0.3, 0.4) is 0 Å². The van der Waals surface area contributed by atoms with Crippen LogP contribution in [0.25, 0.3) is 0 Å². The summed E-state index contributed by atoms with van der Waals surface area (Å²) in [5.74, 6) is 0.118. The molecular weight excluding hydrogens is 228 g/mol. The van der Waals surface area contributed by atoms with Crippen molar-refractivity contribution in [1.82, 2.24) is 9.80 Å². The monoisotopic (exact) mass is 248 g/mol. The van der Waals surface area contributed by atoms with Gasteiger partial charge in [-0.2, -0.15) is 0 Å². The minimum absolute atomic E-state index is 0.101. The fourth-order valence-electron chi connectivity index (χ4n) is 2.52. The van der Waals surface area contributed by atoms with E-state index in [0.717, 1.165) is 25.2 Å². The van der Waals surface area contributed by atoms with E-state index in [2.05, 4.69) is 17.0 Å². The summed E-state index contributed by atoms with van der Waals surface area (Å²) >= 11 is 0. The predicted molar refractivity (Wildman–Crippen MR) is 70.1 cm³/mol. The number of amides is 1. The Balaban J connectivity index is 2.17. The van der Waals surface area contributed by atoms with Crippen molar-refractivity contribution < 1.29 is 9.90 Å². The highest BCUT2D eigenvalue weighted by molar-refractivity contribution is 5.74. The lowest BCUT2D eigenvalue weighted by Gasteiger charge is -2.41. The normalized spacial score (nSPS) is 21.0. The van der Waals surface area contributed by atoms with Gasteiger partial charge in [-0.15, -0.1) is 0 Å². The molecule has 1 saturated heterocycles. The molecule has 1 aliphatic heterocycles. The smallest absolute Gasteiger partial charge is 0.220 e. The Hall–Kier alpha value is -1.39. The van der Waals surface area contributed by atoms with Crippen molar-refractivity contribution >= 4 is 5.91 Å². The standard InChI is InChI=1S/C14H20N2O2/c1-12(18)16-8-7-15(9-10-17)11-14(16)13-5-3-2-4-6-13/h2-6,14,17H,7-11H2,1H3/t14-/m0/s1. The molecule has 0 radical (unpaired) electrons. The van der Waals surface area contributed by atoms with Crippen LogP contribution >= 0.6 is 0 Å². The Morgan fingerprint density at radius 2 is 2.06 bits per heavy atom. The summed E-state index contributed by atoms with van der Waals surface area (Å²) in [7, 11) is 0. The van der Waals surface area contributed by atoms with E-state index < -0.39 is 0 Å². The molecule has 1 atom stereocenters. The zero-order valence-corrected chi connectivity index (χ0v) is 10.7. The van der Waals surface area contributed by atoms with Gasteiger partial charge in [0.15, 0.2) is 0 Å². The van der Waals surface area contributed by atoms with Gasteiger partial charge in [-0.3, -0.25) is 9.69 Å². The second-order valence-electron chi connectivity index (χ2n) is 4.66. The Morgan fingerprint density at radius 1 is 1.33 bits per heavy atom. The van der Waals surface area contributed by atoms with Crippen LogP contribution in [0, 0.1) is 0 Å². The molecule has 1 amide bonds. The topological polar surface area (TPSA) is 43.8 Å². The van der Waals surface area contributed by atoms with Crippen molar-refractivity contribution in [2.45, 2.75) is 13.0 Å². The minimum Gasteiger partial charge on any atom is -0.395 e. The van der Waals surface area contributed by atoms with Gasteiger partial charge in [-0.05, 0) is 5.56 Å². The summed E-state index contributed by atoms with van der Waals surface area (Å²) in [6.07, 6.45) is 0. The number of piperazine rings is 1. The fourth-order valence-corrected chi connectivity index (χ4v) is 2.52. The number of nitrogens with zero attached hydrogens (tertiary/aromatic N) is 2. The van der Waals surface area contributed by atoms with E-state index in [1.54, 1.807) is 6.92 Å². The number of rotatable bonds is 3. The van der Waals surface area contributed by atoms with Gasteiger partial charge in [-0.25, -0.2) is 0 Å². The van der Waals surface area contributed by atoms with Gasteiger partial charge >= 0.3 is 0 Å². The molecule has 1 heterocycles. The van der Waals surface area contributed by atoms with Gasteiger partial charge in [-0.1, -0.05) is 30.3 Å². The SMILES string of the molecule is CC(=O)N1CCN(CCO)C[C@H]1c1ccccc1. The summed E-state index contributed by atoms with van der Waals surface area (Å²) in [5.41, 5.74) is 1.16. The number of benzene rings is 1. The van der Waals surface area contributed by atoms with Crippen LogP contribution in [-0.2, 0) is 4.79 Å². The Morgan fingerprint density at radius 3 is 2.67 bits per heavy atom. The molecule has 1 aromatic rings. The van der Waals surface area contributed by atoms with Crippen LogP contribution < -0.4 is 0 Å². The van der Waals surface area contributed by atoms with Crippen LogP contribution in [0.15, 0.2) is 30.3 Å². The molecule has 2 rings (SSSR count). The molecule has 0 saturated carbocycles. The number of carbonyl (C=O) groups excluding carboxylic acids is 1. The molecule has 1 aliphatic rings. The molecule has 0 unspecified atom stereocenters. The van der Waals surface area contributed by atoms with Crippen LogP contribution in [0.1, 0.15) is 18.5 Å². The first kappa shape index (κ1) is 13.1. The predicted octanol–water partition coefficient (Wildman–Crippen LogP) is 0.884. The third-order valence-electron chi connectivity index (χ3n) is 3.47. The second kappa shape index (κ2) is 5.98. The number of hydrogen-bond acceptors (Lipinski definition) is 3. The van der Waals surface area contributed by atoms with E-state index in [1.165, 1.54) is 0 Å². The number of β-amino-alcohol motifs (C(OH)–C–C–N with tert-alkyl or cyclic N) is 1. The van der Waals surface area contributed by atoms with E-state index in [0.29, 0.717) is 6.54 Å². The van der Waals surface area contributed by atoms with Gasteiger partial charge < -0.3 is 10.0 Å². The summed E-state index contributed by atoms with van der Waals surface area (Å²) in [4.78, 5) is 15.8. The van der Waals surface area contributed by atoms with Crippen LogP contribution in [-0.4, -0.2) is 53.6 Å². The van der Waals surface area contributed by atoms with Crippen molar-refractivity contribution in [3.05, 3.63) is 35.9 Å². The lowest BCUT2D eigenvalue weighted by molar-refractivity contribution is -0.134. The fraction of sp³-hybridized carbons (Fsp3) is 0.500. The van der Waals surface area contributed by atoms with Crippen molar-refractivity contribution in [2.24, 2.45) is 0 Å². The lowest BCUT2D eigenvalue weighted by atomic mass is 10.0. The van der Waals surface area contributed by atoms with Gasteiger partial charge in [0.1, 0.15) is 0 Å². The minimum atomic E-state index is 0.101. The number of hydrogen-bond donors (Lipinski definition) is 1. The molecule has 4 nitrogen and oxygen atoms in total. The number of carbonyl (C=O) groups is 1. The molecule has 0 aromatic heterocycles. The molecule has 0 aliphatic carbocycles. The summed E-state index contributed by atoms with van der Waals surface area (Å²) in [6, 6.07) is 10.2. The highest BCUT2D eigenvalue weighted by Crippen LogP contribution is 2.25. The van der Waals surface area contributed by atoms with Gasteiger partial charge in [0.25, 0.3) is 0 Å². The number of aliphatic hydroxyl groups is 1. The average Bonchev–Trinajstić information content (AvgIpc) is 2.40. The quantitative estimate of drug-likeness (QED) is 0.863. The van der Waals surface area contributed by atoms with Gasteiger partial charge in [0, 0.05) is 33.1 Å². The Kier molecular flexibility index (Phi) is 4.33. The molecule has 1 fully saturated rings. The second-order valence-corrected chi connectivity index (χ2v) is 4.66. The first-order chi connectivity index (χ1) is 8.72. The lowest BCUT2D eigenvalue weighted by Crippen LogP contribution is -2.50.